The fourth-order valence-electron chi connectivity index (χ4n) is 2.79. The van der Waals surface area contributed by atoms with E-state index in [2.05, 4.69) is 46.3 Å². The first-order valence-electron chi connectivity index (χ1n) is 9.13. The van der Waals surface area contributed by atoms with Gasteiger partial charge in [0.05, 0.1) is 5.69 Å². The number of aliphatic hydroxyl groups is 1. The molecular formula is C16H24BrFN6O3S2. The van der Waals surface area contributed by atoms with Crippen molar-refractivity contribution in [2.45, 2.75) is 23.3 Å². The predicted molar refractivity (Wildman–Crippen MR) is 116 cm³/mol. The topological polar surface area (TPSA) is 127 Å². The van der Waals surface area contributed by atoms with Gasteiger partial charge in [0, 0.05) is 30.7 Å². The SMILES string of the molecule is O=S(=O)(NC1=NCNS1)c1cc(Br)c(NCCCCNCC2(O)CNC2)cc1F. The second-order valence-electron chi connectivity index (χ2n) is 6.87. The standard InChI is InChI=1S/C16H24BrFN6O3S2/c17-11-5-14(29(26,27)24-15-22-10-23-28-15)12(18)6-13(11)21-4-2-1-3-19-7-16(25)8-20-9-16/h5-6,19-21,23,25H,1-4,7-10H2,(H,22,24). The van der Waals surface area contributed by atoms with Gasteiger partial charge in [-0.15, -0.1) is 0 Å². The Morgan fingerprint density at radius 2 is 2.07 bits per heavy atom. The fraction of sp³-hybridized carbons (Fsp3) is 0.562. The molecule has 2 aliphatic heterocycles. The molecule has 0 bridgehead atoms. The Balaban J connectivity index is 1.46. The smallest absolute Gasteiger partial charge is 0.266 e. The van der Waals surface area contributed by atoms with Gasteiger partial charge >= 0.3 is 0 Å². The van der Waals surface area contributed by atoms with E-state index in [1.54, 1.807) is 0 Å². The van der Waals surface area contributed by atoms with E-state index in [4.69, 9.17) is 0 Å². The van der Waals surface area contributed by atoms with Crippen LogP contribution in [-0.4, -0.2) is 63.7 Å². The summed E-state index contributed by atoms with van der Waals surface area (Å²) in [6, 6.07) is 2.40. The van der Waals surface area contributed by atoms with Crippen LogP contribution in [0.1, 0.15) is 12.8 Å². The minimum Gasteiger partial charge on any atom is -0.386 e. The number of nitrogens with zero attached hydrogens (tertiary/aromatic N) is 1. The summed E-state index contributed by atoms with van der Waals surface area (Å²) in [6.45, 7) is 3.48. The van der Waals surface area contributed by atoms with Crippen LogP contribution in [0.3, 0.4) is 0 Å². The highest BCUT2D eigenvalue weighted by Crippen LogP contribution is 2.28. The Labute approximate surface area is 182 Å². The Kier molecular flexibility index (Phi) is 7.75. The molecule has 0 saturated carbocycles. The first-order chi connectivity index (χ1) is 13.8. The number of unbranched alkanes of at least 4 members (excludes halogenated alkanes) is 1. The Hall–Kier alpha value is -0.960. The van der Waals surface area contributed by atoms with E-state index in [-0.39, 0.29) is 5.17 Å². The van der Waals surface area contributed by atoms with Crippen LogP contribution in [0.4, 0.5) is 10.1 Å². The molecule has 6 N–H and O–H groups in total. The number of halogens is 2. The van der Waals surface area contributed by atoms with E-state index in [1.807, 2.05) is 0 Å². The quantitative estimate of drug-likeness (QED) is 0.199. The molecule has 0 spiro atoms. The summed E-state index contributed by atoms with van der Waals surface area (Å²) >= 11 is 4.34. The molecule has 3 rings (SSSR count). The zero-order valence-electron chi connectivity index (χ0n) is 15.6. The van der Waals surface area contributed by atoms with Gasteiger partial charge in [0.2, 0.25) is 0 Å². The summed E-state index contributed by atoms with van der Waals surface area (Å²) in [6.07, 6.45) is 1.73. The molecule has 2 heterocycles. The van der Waals surface area contributed by atoms with Gasteiger partial charge in [0.15, 0.2) is 5.17 Å². The molecule has 0 unspecified atom stereocenters. The van der Waals surface area contributed by atoms with Crippen molar-refractivity contribution in [3.63, 3.8) is 0 Å². The maximum Gasteiger partial charge on any atom is 0.266 e. The van der Waals surface area contributed by atoms with Crippen LogP contribution in [0.5, 0.6) is 0 Å². The molecule has 0 atom stereocenters. The number of benzene rings is 1. The Morgan fingerprint density at radius 3 is 2.72 bits per heavy atom. The fourth-order valence-corrected chi connectivity index (χ4v) is 5.31. The maximum atomic E-state index is 14.4. The van der Waals surface area contributed by atoms with Crippen LogP contribution in [0.15, 0.2) is 26.5 Å². The number of rotatable bonds is 10. The average molecular weight is 511 g/mol. The van der Waals surface area contributed by atoms with Gasteiger partial charge in [-0.05, 0) is 59.4 Å². The molecule has 0 amide bonds. The molecule has 1 fully saturated rings. The van der Waals surface area contributed by atoms with Crippen LogP contribution in [-0.2, 0) is 10.0 Å². The molecule has 0 aliphatic carbocycles. The Bertz CT molecular complexity index is 866. The lowest BCUT2D eigenvalue weighted by Gasteiger charge is -2.37. The molecule has 0 aromatic heterocycles. The number of hydrogen-bond acceptors (Lipinski definition) is 9. The molecule has 1 aromatic carbocycles. The number of aliphatic imine (C=N–C) groups is 1. The van der Waals surface area contributed by atoms with E-state index in [9.17, 15) is 17.9 Å². The largest absolute Gasteiger partial charge is 0.386 e. The summed E-state index contributed by atoms with van der Waals surface area (Å²) in [5, 5.41) is 19.5. The highest BCUT2D eigenvalue weighted by atomic mass is 79.9. The lowest BCUT2D eigenvalue weighted by Crippen LogP contribution is -2.64. The van der Waals surface area contributed by atoms with Gasteiger partial charge in [0.1, 0.15) is 23.0 Å². The molecule has 9 nitrogen and oxygen atoms in total. The van der Waals surface area contributed by atoms with Crippen LogP contribution < -0.4 is 25.4 Å². The molecule has 1 aromatic rings. The van der Waals surface area contributed by atoms with E-state index in [0.717, 1.165) is 37.4 Å². The number of nitrogens with one attached hydrogen (secondary N) is 5. The van der Waals surface area contributed by atoms with E-state index < -0.39 is 26.3 Å². The molecule has 2 aliphatic rings. The third-order valence-electron chi connectivity index (χ3n) is 4.45. The molecule has 1 saturated heterocycles. The molecule has 29 heavy (non-hydrogen) atoms. The number of anilines is 1. The number of β-amino-alcohol motifs (C(OH)–C–C–N with tert-alkyl or cyclic N) is 1. The van der Waals surface area contributed by atoms with Crippen molar-refractivity contribution in [2.24, 2.45) is 4.99 Å². The van der Waals surface area contributed by atoms with E-state index in [0.29, 0.717) is 43.0 Å². The minimum absolute atomic E-state index is 0.178. The monoisotopic (exact) mass is 510 g/mol. The second kappa shape index (κ2) is 9.90. The van der Waals surface area contributed by atoms with Crippen molar-refractivity contribution in [2.75, 3.05) is 44.7 Å². The van der Waals surface area contributed by atoms with Crippen molar-refractivity contribution in [1.82, 2.24) is 20.1 Å². The maximum absolute atomic E-state index is 14.4. The highest BCUT2D eigenvalue weighted by molar-refractivity contribution is 9.10. The first kappa shape index (κ1) is 22.7. The second-order valence-corrected chi connectivity index (χ2v) is 10.3. The molecular weight excluding hydrogens is 487 g/mol. The summed E-state index contributed by atoms with van der Waals surface area (Å²) in [5.74, 6) is -0.844. The van der Waals surface area contributed by atoms with Crippen LogP contribution in [0.2, 0.25) is 0 Å². The van der Waals surface area contributed by atoms with Gasteiger partial charge in [-0.3, -0.25) is 4.72 Å². The lowest BCUT2D eigenvalue weighted by atomic mass is 9.97. The van der Waals surface area contributed by atoms with Crippen LogP contribution in [0, 0.1) is 5.82 Å². The van der Waals surface area contributed by atoms with Crippen molar-refractivity contribution < 1.29 is 17.9 Å². The molecule has 162 valence electrons. The summed E-state index contributed by atoms with van der Waals surface area (Å²) in [7, 11) is -4.07. The normalized spacial score (nSPS) is 18.2. The van der Waals surface area contributed by atoms with Gasteiger partial charge in [-0.1, -0.05) is 0 Å². The van der Waals surface area contributed by atoms with Gasteiger partial charge in [0.25, 0.3) is 10.0 Å². The van der Waals surface area contributed by atoms with Crippen LogP contribution in [0.25, 0.3) is 0 Å². The third kappa shape index (κ3) is 6.26. The minimum atomic E-state index is -4.07. The van der Waals surface area contributed by atoms with Crippen molar-refractivity contribution >= 4 is 48.8 Å². The number of amidine groups is 1. The van der Waals surface area contributed by atoms with Gasteiger partial charge in [-0.25, -0.2) is 22.5 Å². The zero-order chi connectivity index (χ0) is 20.9. The summed E-state index contributed by atoms with van der Waals surface area (Å²) in [5.41, 5.74) is -0.143. The van der Waals surface area contributed by atoms with Gasteiger partial charge < -0.3 is 21.1 Å². The van der Waals surface area contributed by atoms with Crippen molar-refractivity contribution in [3.8, 4) is 0 Å². The van der Waals surface area contributed by atoms with E-state index >= 15 is 0 Å². The van der Waals surface area contributed by atoms with Gasteiger partial charge in [-0.2, -0.15) is 0 Å². The summed E-state index contributed by atoms with van der Waals surface area (Å²) < 4.78 is 44.7. The number of hydrogen-bond donors (Lipinski definition) is 6. The predicted octanol–water partition coefficient (Wildman–Crippen LogP) is 0.547. The van der Waals surface area contributed by atoms with Crippen molar-refractivity contribution in [1.29, 1.82) is 0 Å². The Morgan fingerprint density at radius 1 is 1.31 bits per heavy atom. The summed E-state index contributed by atoms with van der Waals surface area (Å²) in [4.78, 5) is 3.47. The van der Waals surface area contributed by atoms with Crippen molar-refractivity contribution in [3.05, 3.63) is 22.4 Å². The average Bonchev–Trinajstić information content (AvgIpc) is 3.13. The lowest BCUT2D eigenvalue weighted by molar-refractivity contribution is -0.00822. The third-order valence-corrected chi connectivity index (χ3v) is 7.28. The first-order valence-corrected chi connectivity index (χ1v) is 12.2. The zero-order valence-corrected chi connectivity index (χ0v) is 18.8. The van der Waals surface area contributed by atoms with Crippen LogP contribution >= 0.6 is 27.9 Å². The number of sulfonamides is 1. The highest BCUT2D eigenvalue weighted by Gasteiger charge is 2.33. The molecule has 13 heteroatoms. The molecule has 0 radical (unpaired) electrons. The van der Waals surface area contributed by atoms with E-state index in [1.165, 1.54) is 6.07 Å².